The van der Waals surface area contributed by atoms with Crippen molar-refractivity contribution in [2.45, 2.75) is 37.8 Å². The minimum absolute atomic E-state index is 0.0332. The van der Waals surface area contributed by atoms with Crippen LogP contribution in [0.1, 0.15) is 24.6 Å². The summed E-state index contributed by atoms with van der Waals surface area (Å²) in [7, 11) is 3.14. The number of carbonyl (C=O) groups excluding carboxylic acids is 4. The van der Waals surface area contributed by atoms with Crippen LogP contribution in [0.15, 0.2) is 17.5 Å². The number of nitrogens with one attached hydrogen (secondary N) is 2. The second kappa shape index (κ2) is 9.03. The maximum atomic E-state index is 12.9. The van der Waals surface area contributed by atoms with E-state index in [1.54, 1.807) is 30.2 Å². The van der Waals surface area contributed by atoms with E-state index in [2.05, 4.69) is 10.6 Å². The molecule has 2 fully saturated rings. The average Bonchev–Trinajstić information content (AvgIpc) is 3.31. The van der Waals surface area contributed by atoms with Crippen LogP contribution in [0.4, 0.5) is 4.79 Å². The van der Waals surface area contributed by atoms with Gasteiger partial charge in [0.1, 0.15) is 5.92 Å². The van der Waals surface area contributed by atoms with Gasteiger partial charge in [-0.2, -0.15) is 0 Å². The first-order valence-corrected chi connectivity index (χ1v) is 11.0. The summed E-state index contributed by atoms with van der Waals surface area (Å²) in [5.41, 5.74) is -0.798. The first kappa shape index (κ1) is 22.1. The van der Waals surface area contributed by atoms with Crippen molar-refractivity contribution in [3.63, 3.8) is 0 Å². The summed E-state index contributed by atoms with van der Waals surface area (Å²) in [6.45, 7) is 2.96. The van der Waals surface area contributed by atoms with E-state index in [1.165, 1.54) is 11.9 Å². The zero-order chi connectivity index (χ0) is 21.9. The van der Waals surface area contributed by atoms with E-state index in [0.717, 1.165) is 4.88 Å². The molecule has 2 N–H and O–H groups in total. The highest BCUT2D eigenvalue weighted by Crippen LogP contribution is 2.44. The molecule has 3 heterocycles. The van der Waals surface area contributed by atoms with Gasteiger partial charge in [0.05, 0.1) is 12.0 Å². The molecule has 2 aliphatic rings. The summed E-state index contributed by atoms with van der Waals surface area (Å²) in [5, 5.41) is 7.05. The third kappa shape index (κ3) is 4.00. The van der Waals surface area contributed by atoms with E-state index in [0.29, 0.717) is 38.9 Å². The molecule has 164 valence electrons. The predicted molar refractivity (Wildman–Crippen MR) is 111 cm³/mol. The fourth-order valence-corrected chi connectivity index (χ4v) is 5.16. The number of rotatable bonds is 5. The van der Waals surface area contributed by atoms with Crippen molar-refractivity contribution in [3.8, 4) is 0 Å². The highest BCUT2D eigenvalue weighted by molar-refractivity contribution is 7.10. The van der Waals surface area contributed by atoms with Crippen molar-refractivity contribution in [1.29, 1.82) is 0 Å². The van der Waals surface area contributed by atoms with Crippen molar-refractivity contribution >= 4 is 35.2 Å². The van der Waals surface area contributed by atoms with Gasteiger partial charge >= 0.3 is 6.09 Å². The molecule has 2 saturated heterocycles. The van der Waals surface area contributed by atoms with Crippen molar-refractivity contribution in [2.24, 2.45) is 5.92 Å². The van der Waals surface area contributed by atoms with Crippen LogP contribution < -0.4 is 10.6 Å². The topological polar surface area (TPSA) is 108 Å². The van der Waals surface area contributed by atoms with Gasteiger partial charge in [0.25, 0.3) is 5.91 Å². The SMILES string of the molecule is CCNC(=O)O[C@H]1C(=O)N(C)C2(CCN(C(=O)Cc3cccs3)CC2)[C@@H]1C(=O)NC. The lowest BCUT2D eigenvalue weighted by Gasteiger charge is -2.45. The van der Waals surface area contributed by atoms with Gasteiger partial charge in [-0.25, -0.2) is 4.79 Å². The van der Waals surface area contributed by atoms with Gasteiger partial charge in [-0.1, -0.05) is 6.07 Å². The molecule has 1 aromatic rings. The number of hydrogen-bond donors (Lipinski definition) is 2. The Bertz CT molecular complexity index is 804. The minimum atomic E-state index is -1.19. The molecule has 30 heavy (non-hydrogen) atoms. The van der Waals surface area contributed by atoms with Gasteiger partial charge in [-0.05, 0) is 31.2 Å². The number of hydrogen-bond acceptors (Lipinski definition) is 6. The van der Waals surface area contributed by atoms with E-state index in [9.17, 15) is 19.2 Å². The van der Waals surface area contributed by atoms with Crippen molar-refractivity contribution in [2.75, 3.05) is 33.7 Å². The van der Waals surface area contributed by atoms with Crippen LogP contribution in [0.25, 0.3) is 0 Å². The second-order valence-corrected chi connectivity index (χ2v) is 8.62. The molecule has 0 aliphatic carbocycles. The first-order valence-electron chi connectivity index (χ1n) is 10.1. The lowest BCUT2D eigenvalue weighted by Crippen LogP contribution is -2.58. The summed E-state index contributed by atoms with van der Waals surface area (Å²) in [5.74, 6) is -1.54. The third-order valence-corrected chi connectivity index (χ3v) is 6.97. The quantitative estimate of drug-likeness (QED) is 0.703. The molecular formula is C20H28N4O5S. The highest BCUT2D eigenvalue weighted by Gasteiger charge is 2.62. The highest BCUT2D eigenvalue weighted by atomic mass is 32.1. The summed E-state index contributed by atoms with van der Waals surface area (Å²) in [6, 6.07) is 3.85. The fraction of sp³-hybridized carbons (Fsp3) is 0.600. The maximum Gasteiger partial charge on any atom is 0.407 e. The molecular weight excluding hydrogens is 408 g/mol. The van der Waals surface area contributed by atoms with Crippen molar-refractivity contribution in [3.05, 3.63) is 22.4 Å². The van der Waals surface area contributed by atoms with Gasteiger partial charge in [-0.15, -0.1) is 11.3 Å². The van der Waals surface area contributed by atoms with Crippen molar-refractivity contribution in [1.82, 2.24) is 20.4 Å². The maximum absolute atomic E-state index is 12.9. The molecule has 0 aromatic carbocycles. The number of ether oxygens (including phenoxy) is 1. The first-order chi connectivity index (χ1) is 14.3. The molecule has 0 saturated carbocycles. The minimum Gasteiger partial charge on any atom is -0.435 e. The predicted octanol–water partition coefficient (Wildman–Crippen LogP) is 0.601. The number of alkyl carbamates (subject to hydrolysis) is 1. The van der Waals surface area contributed by atoms with Crippen LogP contribution in [0.2, 0.25) is 0 Å². The third-order valence-electron chi connectivity index (χ3n) is 6.10. The number of thiophene rings is 1. The molecule has 0 unspecified atom stereocenters. The fourth-order valence-electron chi connectivity index (χ4n) is 4.46. The normalized spacial score (nSPS) is 22.8. The number of nitrogens with zero attached hydrogens (tertiary/aromatic N) is 2. The summed E-state index contributed by atoms with van der Waals surface area (Å²) >= 11 is 1.54. The average molecular weight is 437 g/mol. The monoisotopic (exact) mass is 436 g/mol. The summed E-state index contributed by atoms with van der Waals surface area (Å²) < 4.78 is 5.36. The number of likely N-dealkylation sites (tertiary alicyclic amines) is 2. The lowest BCUT2D eigenvalue weighted by molar-refractivity contribution is -0.137. The zero-order valence-electron chi connectivity index (χ0n) is 17.5. The molecule has 10 heteroatoms. The van der Waals surface area contributed by atoms with E-state index in [1.807, 2.05) is 17.5 Å². The van der Waals surface area contributed by atoms with Gasteiger partial charge in [0, 0.05) is 38.6 Å². The molecule has 1 aromatic heterocycles. The number of piperidine rings is 1. The lowest BCUT2D eigenvalue weighted by atomic mass is 9.75. The van der Waals surface area contributed by atoms with Crippen LogP contribution in [0, 0.1) is 5.92 Å². The standard InChI is InChI=1S/C20H28N4O5S/c1-4-22-19(28)29-16-15(17(26)21-2)20(23(3)18(16)27)7-9-24(10-8-20)14(25)12-13-6-5-11-30-13/h5-6,11,15-16H,4,7-10,12H2,1-3H3,(H,21,26)(H,22,28)/t15-,16+/m0/s1. The summed E-state index contributed by atoms with van der Waals surface area (Å²) in [6.07, 6.45) is -0.674. The Morgan fingerprint density at radius 3 is 2.57 bits per heavy atom. The van der Waals surface area contributed by atoms with Gasteiger partial charge in [0.15, 0.2) is 6.10 Å². The van der Waals surface area contributed by atoms with Crippen LogP contribution in [-0.2, 0) is 25.5 Å². The molecule has 0 bridgehead atoms. The molecule has 1 spiro atoms. The van der Waals surface area contributed by atoms with Crippen LogP contribution in [0.3, 0.4) is 0 Å². The molecule has 0 radical (unpaired) electrons. The van der Waals surface area contributed by atoms with Crippen LogP contribution >= 0.6 is 11.3 Å². The number of likely N-dealkylation sites (N-methyl/N-ethyl adjacent to an activating group) is 1. The Hall–Kier alpha value is -2.62. The molecule has 2 aliphatic heterocycles. The Kier molecular flexibility index (Phi) is 6.64. The number of amides is 4. The van der Waals surface area contributed by atoms with E-state index >= 15 is 0 Å². The molecule has 9 nitrogen and oxygen atoms in total. The second-order valence-electron chi connectivity index (χ2n) is 7.59. The Labute approximate surface area is 179 Å². The van der Waals surface area contributed by atoms with Gasteiger partial charge in [-0.3, -0.25) is 14.4 Å². The number of carbonyl (C=O) groups is 4. The summed E-state index contributed by atoms with van der Waals surface area (Å²) in [4.78, 5) is 54.7. The van der Waals surface area contributed by atoms with Gasteiger partial charge < -0.3 is 25.2 Å². The van der Waals surface area contributed by atoms with E-state index < -0.39 is 29.6 Å². The van der Waals surface area contributed by atoms with Gasteiger partial charge in [0.2, 0.25) is 11.8 Å². The Balaban J connectivity index is 1.77. The largest absolute Gasteiger partial charge is 0.435 e. The van der Waals surface area contributed by atoms with E-state index in [-0.39, 0.29) is 11.8 Å². The van der Waals surface area contributed by atoms with Crippen LogP contribution in [0.5, 0.6) is 0 Å². The Morgan fingerprint density at radius 1 is 1.30 bits per heavy atom. The molecule has 4 amide bonds. The molecule has 2 atom stereocenters. The smallest absolute Gasteiger partial charge is 0.407 e. The Morgan fingerprint density at radius 2 is 2.00 bits per heavy atom. The molecule has 3 rings (SSSR count). The van der Waals surface area contributed by atoms with Crippen molar-refractivity contribution < 1.29 is 23.9 Å². The van der Waals surface area contributed by atoms with E-state index in [4.69, 9.17) is 4.74 Å². The zero-order valence-corrected chi connectivity index (χ0v) is 18.3. The van der Waals surface area contributed by atoms with Crippen LogP contribution in [-0.4, -0.2) is 79.0 Å².